The van der Waals surface area contributed by atoms with Crippen molar-refractivity contribution in [3.05, 3.63) is 34.3 Å². The topological polar surface area (TPSA) is 32.3 Å². The highest BCUT2D eigenvalue weighted by molar-refractivity contribution is 9.10. The second-order valence-corrected chi connectivity index (χ2v) is 5.59. The normalized spacial score (nSPS) is 13.9. The lowest BCUT2D eigenvalue weighted by Crippen LogP contribution is -2.45. The molecular weight excluding hydrogens is 304 g/mol. The highest BCUT2D eigenvalue weighted by Crippen LogP contribution is 2.28. The van der Waals surface area contributed by atoms with Crippen LogP contribution >= 0.6 is 15.9 Å². The molecule has 1 aromatic carbocycles. The van der Waals surface area contributed by atoms with Crippen LogP contribution in [-0.2, 0) is 4.79 Å². The van der Waals surface area contributed by atoms with Gasteiger partial charge < -0.3 is 10.2 Å². The third kappa shape index (κ3) is 4.05. The van der Waals surface area contributed by atoms with Crippen molar-refractivity contribution in [2.45, 2.75) is 39.3 Å². The Morgan fingerprint density at radius 1 is 1.37 bits per heavy atom. The minimum Gasteiger partial charge on any atom is -0.335 e. The molecule has 0 heterocycles. The zero-order valence-electron chi connectivity index (χ0n) is 12.1. The van der Waals surface area contributed by atoms with Crippen LogP contribution in [0.3, 0.4) is 0 Å². The summed E-state index contributed by atoms with van der Waals surface area (Å²) in [7, 11) is 1.82. The van der Waals surface area contributed by atoms with Crippen molar-refractivity contribution in [1.82, 2.24) is 10.2 Å². The average molecular weight is 327 g/mol. The summed E-state index contributed by atoms with van der Waals surface area (Å²) in [5.74, 6) is 0.146. The van der Waals surface area contributed by atoms with Crippen molar-refractivity contribution >= 4 is 21.8 Å². The number of likely N-dealkylation sites (N-methyl/N-ethyl adjacent to an activating group) is 1. The Bertz CT molecular complexity index is 422. The van der Waals surface area contributed by atoms with Crippen LogP contribution in [0.1, 0.15) is 38.8 Å². The molecule has 3 nitrogen and oxygen atoms in total. The maximum absolute atomic E-state index is 12.4. The largest absolute Gasteiger partial charge is 0.335 e. The van der Waals surface area contributed by atoms with Gasteiger partial charge in [-0.25, -0.2) is 0 Å². The van der Waals surface area contributed by atoms with Gasteiger partial charge >= 0.3 is 0 Å². The van der Waals surface area contributed by atoms with Gasteiger partial charge in [0.25, 0.3) is 0 Å². The van der Waals surface area contributed by atoms with Crippen LogP contribution in [0.25, 0.3) is 0 Å². The van der Waals surface area contributed by atoms with Crippen LogP contribution in [0, 0.1) is 0 Å². The highest BCUT2D eigenvalue weighted by Gasteiger charge is 2.25. The standard InChI is InChI=1S/C15H23BrN2O/c1-5-10-18(15(19)11(2)17-4)12(3)13-8-6-7-9-14(13)16/h6-9,11-12,17H,5,10H2,1-4H3. The van der Waals surface area contributed by atoms with Gasteiger partial charge in [-0.1, -0.05) is 41.1 Å². The minimum atomic E-state index is -0.156. The summed E-state index contributed by atoms with van der Waals surface area (Å²) in [4.78, 5) is 14.4. The van der Waals surface area contributed by atoms with Gasteiger partial charge in [0.05, 0.1) is 12.1 Å². The summed E-state index contributed by atoms with van der Waals surface area (Å²) in [6.45, 7) is 6.85. The monoisotopic (exact) mass is 326 g/mol. The van der Waals surface area contributed by atoms with Gasteiger partial charge in [-0.05, 0) is 38.9 Å². The number of rotatable bonds is 6. The Morgan fingerprint density at radius 2 is 2.00 bits per heavy atom. The van der Waals surface area contributed by atoms with Crippen LogP contribution in [0.2, 0.25) is 0 Å². The van der Waals surface area contributed by atoms with Crippen molar-refractivity contribution in [3.63, 3.8) is 0 Å². The van der Waals surface area contributed by atoms with Crippen molar-refractivity contribution in [1.29, 1.82) is 0 Å². The highest BCUT2D eigenvalue weighted by atomic mass is 79.9. The fourth-order valence-electron chi connectivity index (χ4n) is 2.09. The number of hydrogen-bond donors (Lipinski definition) is 1. The van der Waals surface area contributed by atoms with Crippen LogP contribution in [-0.4, -0.2) is 30.4 Å². The van der Waals surface area contributed by atoms with E-state index >= 15 is 0 Å². The predicted octanol–water partition coefficient (Wildman–Crippen LogP) is 3.36. The first-order valence-corrected chi connectivity index (χ1v) is 7.54. The molecule has 106 valence electrons. The first-order valence-electron chi connectivity index (χ1n) is 6.75. The molecule has 2 unspecified atom stereocenters. The quantitative estimate of drug-likeness (QED) is 0.869. The molecule has 0 saturated heterocycles. The van der Waals surface area contributed by atoms with Gasteiger partial charge in [0.2, 0.25) is 5.91 Å². The van der Waals surface area contributed by atoms with Gasteiger partial charge in [0.15, 0.2) is 0 Å². The number of carbonyl (C=O) groups is 1. The Balaban J connectivity index is 2.99. The number of halogens is 1. The summed E-state index contributed by atoms with van der Waals surface area (Å²) in [5.41, 5.74) is 1.15. The van der Waals surface area contributed by atoms with Crippen LogP contribution in [0.15, 0.2) is 28.7 Å². The first kappa shape index (κ1) is 16.2. The molecule has 0 aliphatic rings. The van der Waals surface area contributed by atoms with Gasteiger partial charge in [-0.3, -0.25) is 4.79 Å². The van der Waals surface area contributed by atoms with Gasteiger partial charge in [0.1, 0.15) is 0 Å². The van der Waals surface area contributed by atoms with E-state index in [0.29, 0.717) is 0 Å². The van der Waals surface area contributed by atoms with Crippen molar-refractivity contribution in [2.75, 3.05) is 13.6 Å². The first-order chi connectivity index (χ1) is 9.02. The maximum atomic E-state index is 12.4. The van der Waals surface area contributed by atoms with E-state index in [0.717, 1.165) is 23.0 Å². The lowest BCUT2D eigenvalue weighted by molar-refractivity contribution is -0.135. The van der Waals surface area contributed by atoms with E-state index in [4.69, 9.17) is 0 Å². The van der Waals surface area contributed by atoms with Crippen LogP contribution in [0.4, 0.5) is 0 Å². The molecule has 19 heavy (non-hydrogen) atoms. The van der Waals surface area contributed by atoms with Crippen molar-refractivity contribution < 1.29 is 4.79 Å². The molecule has 0 aromatic heterocycles. The van der Waals surface area contributed by atoms with Crippen LogP contribution in [0.5, 0.6) is 0 Å². The molecule has 0 spiro atoms. The minimum absolute atomic E-state index is 0.0684. The molecule has 0 radical (unpaired) electrons. The number of hydrogen-bond acceptors (Lipinski definition) is 2. The van der Waals surface area contributed by atoms with Crippen molar-refractivity contribution in [3.8, 4) is 0 Å². The summed E-state index contributed by atoms with van der Waals surface area (Å²) < 4.78 is 1.05. The summed E-state index contributed by atoms with van der Waals surface area (Å²) in [6.07, 6.45) is 0.955. The Hall–Kier alpha value is -0.870. The van der Waals surface area contributed by atoms with E-state index in [9.17, 15) is 4.79 Å². The van der Waals surface area contributed by atoms with E-state index < -0.39 is 0 Å². The SMILES string of the molecule is CCCN(C(=O)C(C)NC)C(C)c1ccccc1Br. The molecular formula is C15H23BrN2O. The van der Waals surface area contributed by atoms with E-state index in [-0.39, 0.29) is 18.0 Å². The third-order valence-electron chi connectivity index (χ3n) is 3.37. The molecule has 0 aliphatic heterocycles. The molecule has 1 amide bonds. The van der Waals surface area contributed by atoms with Crippen LogP contribution < -0.4 is 5.32 Å². The van der Waals surface area contributed by atoms with E-state index in [2.05, 4.69) is 41.2 Å². The Morgan fingerprint density at radius 3 is 2.53 bits per heavy atom. The lowest BCUT2D eigenvalue weighted by atomic mass is 10.1. The number of nitrogens with zero attached hydrogens (tertiary/aromatic N) is 1. The molecule has 2 atom stereocenters. The number of carbonyl (C=O) groups excluding carboxylic acids is 1. The van der Waals surface area contributed by atoms with E-state index in [1.165, 1.54) is 0 Å². The fourth-order valence-corrected chi connectivity index (χ4v) is 2.71. The molecule has 0 bridgehead atoms. The molecule has 1 N–H and O–H groups in total. The second kappa shape index (κ2) is 7.65. The second-order valence-electron chi connectivity index (χ2n) is 4.74. The third-order valence-corrected chi connectivity index (χ3v) is 4.10. The Labute approximate surface area is 124 Å². The molecule has 1 aromatic rings. The number of benzene rings is 1. The fraction of sp³-hybridized carbons (Fsp3) is 0.533. The molecule has 4 heteroatoms. The zero-order chi connectivity index (χ0) is 14.4. The summed E-state index contributed by atoms with van der Waals surface area (Å²) in [6, 6.07) is 7.99. The zero-order valence-corrected chi connectivity index (χ0v) is 13.7. The number of amides is 1. The van der Waals surface area contributed by atoms with Gasteiger partial charge in [-0.2, -0.15) is 0 Å². The smallest absolute Gasteiger partial charge is 0.239 e. The molecule has 0 aliphatic carbocycles. The molecule has 0 fully saturated rings. The summed E-state index contributed by atoms with van der Waals surface area (Å²) >= 11 is 3.57. The number of nitrogens with one attached hydrogen (secondary N) is 1. The van der Waals surface area contributed by atoms with Gasteiger partial charge in [-0.15, -0.1) is 0 Å². The summed E-state index contributed by atoms with van der Waals surface area (Å²) in [5, 5.41) is 3.02. The lowest BCUT2D eigenvalue weighted by Gasteiger charge is -2.32. The molecule has 1 rings (SSSR count). The van der Waals surface area contributed by atoms with Crippen molar-refractivity contribution in [2.24, 2.45) is 0 Å². The average Bonchev–Trinajstić information content (AvgIpc) is 2.43. The Kier molecular flexibility index (Phi) is 6.52. The predicted molar refractivity (Wildman–Crippen MR) is 83.1 cm³/mol. The van der Waals surface area contributed by atoms with Gasteiger partial charge in [0, 0.05) is 11.0 Å². The molecule has 0 saturated carbocycles. The van der Waals surface area contributed by atoms with E-state index in [1.54, 1.807) is 0 Å². The van der Waals surface area contributed by atoms with E-state index in [1.807, 2.05) is 37.1 Å². The maximum Gasteiger partial charge on any atom is 0.239 e.